The molecule has 0 fully saturated rings. The van der Waals surface area contributed by atoms with Gasteiger partial charge in [-0.2, -0.15) is 4.98 Å². The number of aromatic nitrogens is 2. The molecule has 0 spiro atoms. The van der Waals surface area contributed by atoms with Crippen molar-refractivity contribution >= 4 is 5.78 Å². The number of carbonyl (C=O) groups excluding carboxylic acids is 1. The van der Waals surface area contributed by atoms with Crippen molar-refractivity contribution in [3.63, 3.8) is 0 Å². The molecule has 1 heterocycles. The van der Waals surface area contributed by atoms with Crippen LogP contribution in [0.3, 0.4) is 0 Å². The maximum atomic E-state index is 11.0. The molecule has 0 N–H and O–H groups in total. The van der Waals surface area contributed by atoms with Gasteiger partial charge in [0.1, 0.15) is 11.6 Å². The van der Waals surface area contributed by atoms with Crippen molar-refractivity contribution in [3.05, 3.63) is 17.6 Å². The Hall–Kier alpha value is -1.45. The van der Waals surface area contributed by atoms with E-state index in [1.54, 1.807) is 20.1 Å². The second kappa shape index (κ2) is 4.87. The summed E-state index contributed by atoms with van der Waals surface area (Å²) in [6.45, 7) is 5.56. The van der Waals surface area contributed by atoms with Gasteiger partial charge < -0.3 is 4.74 Å². The molecule has 0 saturated heterocycles. The first-order chi connectivity index (χ1) is 7.02. The highest BCUT2D eigenvalue weighted by atomic mass is 16.5. The SMILES string of the molecule is COc1cc(CC(C)=O)nc(C(C)C)n1. The number of nitrogens with zero attached hydrogens (tertiary/aromatic N) is 2. The van der Waals surface area contributed by atoms with Crippen LogP contribution in [0.2, 0.25) is 0 Å². The molecule has 4 nitrogen and oxygen atoms in total. The zero-order chi connectivity index (χ0) is 11.4. The maximum absolute atomic E-state index is 11.0. The molecule has 0 amide bonds. The number of carbonyl (C=O) groups is 1. The zero-order valence-electron chi connectivity index (χ0n) is 9.57. The van der Waals surface area contributed by atoms with Crippen molar-refractivity contribution in [3.8, 4) is 5.88 Å². The first-order valence-electron chi connectivity index (χ1n) is 4.94. The molecule has 0 unspecified atom stereocenters. The summed E-state index contributed by atoms with van der Waals surface area (Å²) in [5.41, 5.74) is 0.720. The highest BCUT2D eigenvalue weighted by Crippen LogP contribution is 2.15. The lowest BCUT2D eigenvalue weighted by Crippen LogP contribution is -2.06. The summed E-state index contributed by atoms with van der Waals surface area (Å²) in [5, 5.41) is 0. The van der Waals surface area contributed by atoms with E-state index in [0.29, 0.717) is 18.1 Å². The summed E-state index contributed by atoms with van der Waals surface area (Å²) in [6.07, 6.45) is 0.332. The average Bonchev–Trinajstić information content (AvgIpc) is 2.16. The summed E-state index contributed by atoms with van der Waals surface area (Å²) < 4.78 is 5.06. The van der Waals surface area contributed by atoms with Gasteiger partial charge in [-0.25, -0.2) is 4.98 Å². The van der Waals surface area contributed by atoms with Crippen LogP contribution in [0.5, 0.6) is 5.88 Å². The smallest absolute Gasteiger partial charge is 0.216 e. The second-order valence-electron chi connectivity index (χ2n) is 3.79. The predicted molar refractivity (Wildman–Crippen MR) is 57.1 cm³/mol. The summed E-state index contributed by atoms with van der Waals surface area (Å²) in [4.78, 5) is 19.5. The van der Waals surface area contributed by atoms with Gasteiger partial charge in [0.15, 0.2) is 0 Å². The van der Waals surface area contributed by atoms with Crippen LogP contribution in [0.15, 0.2) is 6.07 Å². The van der Waals surface area contributed by atoms with Gasteiger partial charge in [0.2, 0.25) is 5.88 Å². The number of hydrogen-bond acceptors (Lipinski definition) is 4. The molecule has 0 atom stereocenters. The molecule has 1 aromatic heterocycles. The molecule has 0 aromatic carbocycles. The minimum absolute atomic E-state index is 0.0884. The molecule has 0 saturated carbocycles. The highest BCUT2D eigenvalue weighted by molar-refractivity contribution is 5.77. The van der Waals surface area contributed by atoms with Crippen molar-refractivity contribution in [1.82, 2.24) is 9.97 Å². The van der Waals surface area contributed by atoms with Crippen molar-refractivity contribution in [2.24, 2.45) is 0 Å². The van der Waals surface area contributed by atoms with E-state index in [1.807, 2.05) is 13.8 Å². The van der Waals surface area contributed by atoms with Gasteiger partial charge in [-0.15, -0.1) is 0 Å². The van der Waals surface area contributed by atoms with E-state index in [0.717, 1.165) is 5.69 Å². The third-order valence-electron chi connectivity index (χ3n) is 1.93. The van der Waals surface area contributed by atoms with Crippen LogP contribution in [-0.4, -0.2) is 22.9 Å². The Morgan fingerprint density at radius 3 is 2.60 bits per heavy atom. The van der Waals surface area contributed by atoms with Crippen LogP contribution in [0, 0.1) is 0 Å². The number of Topliss-reactive ketones (excluding diaryl/α,β-unsaturated/α-hetero) is 1. The number of hydrogen-bond donors (Lipinski definition) is 0. The van der Waals surface area contributed by atoms with Crippen molar-refractivity contribution < 1.29 is 9.53 Å². The van der Waals surface area contributed by atoms with Crippen LogP contribution >= 0.6 is 0 Å². The molecule has 0 aliphatic carbocycles. The van der Waals surface area contributed by atoms with E-state index in [9.17, 15) is 4.79 Å². The average molecular weight is 208 g/mol. The molecule has 1 aromatic rings. The van der Waals surface area contributed by atoms with Crippen LogP contribution in [0.1, 0.15) is 38.2 Å². The van der Waals surface area contributed by atoms with Gasteiger partial charge in [-0.3, -0.25) is 4.79 Å². The monoisotopic (exact) mass is 208 g/mol. The van der Waals surface area contributed by atoms with Crippen LogP contribution in [0.25, 0.3) is 0 Å². The van der Waals surface area contributed by atoms with E-state index in [1.165, 1.54) is 0 Å². The third kappa shape index (κ3) is 3.31. The van der Waals surface area contributed by atoms with E-state index in [-0.39, 0.29) is 11.7 Å². The molecule has 1 rings (SSSR count). The van der Waals surface area contributed by atoms with E-state index in [4.69, 9.17) is 4.74 Å². The van der Waals surface area contributed by atoms with Gasteiger partial charge in [-0.05, 0) is 6.92 Å². The number of rotatable bonds is 4. The Balaban J connectivity index is 3.05. The Morgan fingerprint density at radius 2 is 2.13 bits per heavy atom. The molecule has 4 heteroatoms. The molecule has 15 heavy (non-hydrogen) atoms. The van der Waals surface area contributed by atoms with Gasteiger partial charge in [-0.1, -0.05) is 13.8 Å². The standard InChI is InChI=1S/C11H16N2O2/c1-7(2)11-12-9(5-8(3)14)6-10(13-11)15-4/h6-7H,5H2,1-4H3. The van der Waals surface area contributed by atoms with Gasteiger partial charge in [0.05, 0.1) is 12.8 Å². The zero-order valence-corrected chi connectivity index (χ0v) is 9.57. The Morgan fingerprint density at radius 1 is 1.47 bits per heavy atom. The molecular weight excluding hydrogens is 192 g/mol. The van der Waals surface area contributed by atoms with Gasteiger partial charge >= 0.3 is 0 Å². The predicted octanol–water partition coefficient (Wildman–Crippen LogP) is 1.74. The summed E-state index contributed by atoms with van der Waals surface area (Å²) in [5.74, 6) is 1.55. The minimum atomic E-state index is 0.0884. The maximum Gasteiger partial charge on any atom is 0.216 e. The van der Waals surface area contributed by atoms with E-state index in [2.05, 4.69) is 9.97 Å². The molecule has 0 aliphatic heterocycles. The van der Waals surface area contributed by atoms with Gasteiger partial charge in [0.25, 0.3) is 0 Å². The minimum Gasteiger partial charge on any atom is -0.481 e. The number of methoxy groups -OCH3 is 1. The fourth-order valence-electron chi connectivity index (χ4n) is 1.20. The fraction of sp³-hybridized carbons (Fsp3) is 0.545. The summed E-state index contributed by atoms with van der Waals surface area (Å²) in [7, 11) is 1.56. The Bertz CT molecular complexity index is 362. The van der Waals surface area contributed by atoms with Crippen molar-refractivity contribution in [2.75, 3.05) is 7.11 Å². The van der Waals surface area contributed by atoms with Crippen LogP contribution in [-0.2, 0) is 11.2 Å². The molecule has 0 aliphatic rings. The number of ketones is 1. The first-order valence-corrected chi connectivity index (χ1v) is 4.94. The molecular formula is C11H16N2O2. The van der Waals surface area contributed by atoms with Crippen LogP contribution in [0.4, 0.5) is 0 Å². The van der Waals surface area contributed by atoms with Crippen molar-refractivity contribution in [1.29, 1.82) is 0 Å². The van der Waals surface area contributed by atoms with E-state index >= 15 is 0 Å². The van der Waals surface area contributed by atoms with Crippen molar-refractivity contribution in [2.45, 2.75) is 33.1 Å². The number of ether oxygens (including phenoxy) is 1. The molecule has 0 radical (unpaired) electrons. The van der Waals surface area contributed by atoms with Crippen LogP contribution < -0.4 is 4.74 Å². The van der Waals surface area contributed by atoms with Gasteiger partial charge in [0, 0.05) is 18.4 Å². The lowest BCUT2D eigenvalue weighted by atomic mass is 10.2. The normalized spacial score (nSPS) is 10.5. The third-order valence-corrected chi connectivity index (χ3v) is 1.93. The Kier molecular flexibility index (Phi) is 3.77. The largest absolute Gasteiger partial charge is 0.481 e. The fourth-order valence-corrected chi connectivity index (χ4v) is 1.20. The quantitative estimate of drug-likeness (QED) is 0.756. The topological polar surface area (TPSA) is 52.1 Å². The summed E-state index contributed by atoms with van der Waals surface area (Å²) in [6, 6.07) is 1.70. The lowest BCUT2D eigenvalue weighted by molar-refractivity contribution is -0.116. The summed E-state index contributed by atoms with van der Waals surface area (Å²) >= 11 is 0. The Labute approximate surface area is 89.7 Å². The molecule has 82 valence electrons. The van der Waals surface area contributed by atoms with E-state index < -0.39 is 0 Å². The lowest BCUT2D eigenvalue weighted by Gasteiger charge is -2.08. The highest BCUT2D eigenvalue weighted by Gasteiger charge is 2.09. The second-order valence-corrected chi connectivity index (χ2v) is 3.79. The molecule has 0 bridgehead atoms. The first kappa shape index (κ1) is 11.6.